The summed E-state index contributed by atoms with van der Waals surface area (Å²) in [6, 6.07) is 1.30. The highest BCUT2D eigenvalue weighted by molar-refractivity contribution is 6.31. The lowest BCUT2D eigenvalue weighted by molar-refractivity contribution is -0.385. The molecule has 0 radical (unpaired) electrons. The molecule has 0 aromatic carbocycles. The van der Waals surface area contributed by atoms with Crippen molar-refractivity contribution in [1.82, 2.24) is 10.3 Å². The van der Waals surface area contributed by atoms with Gasteiger partial charge in [-0.1, -0.05) is 23.4 Å². The van der Waals surface area contributed by atoms with Crippen molar-refractivity contribution in [3.63, 3.8) is 0 Å². The molecule has 7 heteroatoms. The summed E-state index contributed by atoms with van der Waals surface area (Å²) in [5.41, 5.74) is 0.722. The normalized spacial score (nSPS) is 9.42. The maximum Gasteiger partial charge on any atom is 0.307 e. The second-order valence-electron chi connectivity index (χ2n) is 3.72. The van der Waals surface area contributed by atoms with Gasteiger partial charge in [-0.15, -0.1) is 0 Å². The molecule has 1 heterocycles. The van der Waals surface area contributed by atoms with Crippen LogP contribution >= 0.6 is 11.6 Å². The molecule has 6 nitrogen and oxygen atoms in total. The van der Waals surface area contributed by atoms with Gasteiger partial charge in [0.15, 0.2) is 0 Å². The Morgan fingerprint density at radius 3 is 2.89 bits per heavy atom. The lowest BCUT2D eigenvalue weighted by atomic mass is 10.2. The molecule has 1 amide bonds. The van der Waals surface area contributed by atoms with E-state index in [2.05, 4.69) is 22.1 Å². The Morgan fingerprint density at radius 2 is 2.32 bits per heavy atom. The van der Waals surface area contributed by atoms with Gasteiger partial charge in [0, 0.05) is 26.0 Å². The number of aryl methyl sites for hydroxylation is 1. The molecule has 0 fully saturated rings. The lowest BCUT2D eigenvalue weighted by Crippen LogP contribution is -2.20. The number of halogens is 1. The van der Waals surface area contributed by atoms with Gasteiger partial charge in [-0.2, -0.15) is 0 Å². The summed E-state index contributed by atoms with van der Waals surface area (Å²) in [6.07, 6.45) is 0.454. The highest BCUT2D eigenvalue weighted by Crippen LogP contribution is 2.24. The van der Waals surface area contributed by atoms with E-state index in [0.29, 0.717) is 24.2 Å². The van der Waals surface area contributed by atoms with Crippen molar-refractivity contribution < 1.29 is 9.72 Å². The van der Waals surface area contributed by atoms with Crippen LogP contribution in [0.15, 0.2) is 6.07 Å². The van der Waals surface area contributed by atoms with Crippen molar-refractivity contribution in [2.45, 2.75) is 20.3 Å². The van der Waals surface area contributed by atoms with Crippen molar-refractivity contribution >= 4 is 23.2 Å². The smallest absolute Gasteiger partial charge is 0.307 e. The van der Waals surface area contributed by atoms with Crippen molar-refractivity contribution in [3.8, 4) is 11.8 Å². The number of nitrogens with one attached hydrogen (secondary N) is 1. The summed E-state index contributed by atoms with van der Waals surface area (Å²) in [7, 11) is 0. The number of carbonyl (C=O) groups is 1. The molecule has 0 aliphatic heterocycles. The molecule has 0 aliphatic carbocycles. The van der Waals surface area contributed by atoms with Crippen LogP contribution in [0.3, 0.4) is 0 Å². The number of hydrogen-bond donors (Lipinski definition) is 1. The standard InChI is InChI=1S/C12H12ClN3O3/c1-8-10(5-3-4-6-14-9(2)17)7-11(16(18)19)12(13)15-8/h7H,4,6H2,1-2H3,(H,14,17). The highest BCUT2D eigenvalue weighted by Gasteiger charge is 2.15. The van der Waals surface area contributed by atoms with Crippen LogP contribution in [-0.4, -0.2) is 22.4 Å². The van der Waals surface area contributed by atoms with E-state index in [4.69, 9.17) is 11.6 Å². The molecular formula is C12H12ClN3O3. The second-order valence-corrected chi connectivity index (χ2v) is 4.08. The first kappa shape index (κ1) is 14.9. The molecule has 1 aromatic rings. The fourth-order valence-electron chi connectivity index (χ4n) is 1.28. The zero-order valence-electron chi connectivity index (χ0n) is 10.5. The summed E-state index contributed by atoms with van der Waals surface area (Å²) in [4.78, 5) is 24.6. The number of aromatic nitrogens is 1. The van der Waals surface area contributed by atoms with Crippen LogP contribution in [-0.2, 0) is 4.79 Å². The minimum absolute atomic E-state index is 0.123. The van der Waals surface area contributed by atoms with Crippen LogP contribution in [0, 0.1) is 28.9 Å². The van der Waals surface area contributed by atoms with Gasteiger partial charge in [-0.25, -0.2) is 4.98 Å². The number of pyridine rings is 1. The minimum Gasteiger partial charge on any atom is -0.355 e. The first-order chi connectivity index (χ1) is 8.91. The molecule has 0 atom stereocenters. The molecule has 0 spiro atoms. The van der Waals surface area contributed by atoms with Crippen LogP contribution in [0.4, 0.5) is 5.69 Å². The second kappa shape index (κ2) is 6.71. The molecule has 1 rings (SSSR count). The van der Waals surface area contributed by atoms with Crippen LogP contribution in [0.25, 0.3) is 0 Å². The first-order valence-electron chi connectivity index (χ1n) is 5.46. The van der Waals surface area contributed by atoms with Crippen molar-refractivity contribution in [3.05, 3.63) is 32.6 Å². The van der Waals surface area contributed by atoms with Gasteiger partial charge in [-0.3, -0.25) is 14.9 Å². The zero-order chi connectivity index (χ0) is 14.4. The topological polar surface area (TPSA) is 85.1 Å². The van der Waals surface area contributed by atoms with E-state index in [1.807, 2.05) is 0 Å². The molecule has 0 unspecified atom stereocenters. The minimum atomic E-state index is -0.600. The monoisotopic (exact) mass is 281 g/mol. The van der Waals surface area contributed by atoms with E-state index in [1.165, 1.54) is 13.0 Å². The summed E-state index contributed by atoms with van der Waals surface area (Å²) in [6.45, 7) is 3.53. The van der Waals surface area contributed by atoms with Crippen molar-refractivity contribution in [2.24, 2.45) is 0 Å². The van der Waals surface area contributed by atoms with E-state index >= 15 is 0 Å². The molecule has 0 saturated carbocycles. The fraction of sp³-hybridized carbons (Fsp3) is 0.333. The van der Waals surface area contributed by atoms with Gasteiger partial charge in [0.2, 0.25) is 11.1 Å². The average molecular weight is 282 g/mol. The SMILES string of the molecule is CC(=O)NCCC#Cc1cc([N+](=O)[O-])c(Cl)nc1C. The predicted octanol–water partition coefficient (Wildman–Crippen LogP) is 1.83. The Labute approximate surface area is 115 Å². The molecule has 0 bridgehead atoms. The molecular weight excluding hydrogens is 270 g/mol. The quantitative estimate of drug-likeness (QED) is 0.301. The van der Waals surface area contributed by atoms with Gasteiger partial charge >= 0.3 is 5.69 Å². The fourth-order valence-corrected chi connectivity index (χ4v) is 1.53. The van der Waals surface area contributed by atoms with E-state index in [9.17, 15) is 14.9 Å². The zero-order valence-corrected chi connectivity index (χ0v) is 11.2. The summed E-state index contributed by atoms with van der Waals surface area (Å²) < 4.78 is 0. The van der Waals surface area contributed by atoms with Crippen molar-refractivity contribution in [2.75, 3.05) is 6.54 Å². The average Bonchev–Trinajstić information content (AvgIpc) is 2.30. The predicted molar refractivity (Wildman–Crippen MR) is 70.8 cm³/mol. The molecule has 1 N–H and O–H groups in total. The molecule has 1 aromatic heterocycles. The van der Waals surface area contributed by atoms with Gasteiger partial charge < -0.3 is 5.32 Å². The summed E-state index contributed by atoms with van der Waals surface area (Å²) >= 11 is 5.67. The number of nitrogens with zero attached hydrogens (tertiary/aromatic N) is 2. The van der Waals surface area contributed by atoms with Crippen LogP contribution in [0.2, 0.25) is 5.15 Å². The molecule has 19 heavy (non-hydrogen) atoms. The van der Waals surface area contributed by atoms with E-state index < -0.39 is 4.92 Å². The number of amides is 1. The van der Waals surface area contributed by atoms with Crippen molar-refractivity contribution in [1.29, 1.82) is 0 Å². The van der Waals surface area contributed by atoms with E-state index in [-0.39, 0.29) is 16.7 Å². The Balaban J connectivity index is 2.84. The number of nitro groups is 1. The third-order valence-corrected chi connectivity index (χ3v) is 2.47. The summed E-state index contributed by atoms with van der Waals surface area (Å²) in [5.74, 6) is 5.47. The Kier molecular flexibility index (Phi) is 5.27. The van der Waals surface area contributed by atoms with E-state index in [1.54, 1.807) is 6.92 Å². The number of carbonyl (C=O) groups excluding carboxylic acids is 1. The van der Waals surface area contributed by atoms with Gasteiger partial charge in [0.25, 0.3) is 0 Å². The third kappa shape index (κ3) is 4.56. The number of hydrogen-bond acceptors (Lipinski definition) is 4. The molecule has 0 saturated heterocycles. The summed E-state index contributed by atoms with van der Waals surface area (Å²) in [5, 5.41) is 13.2. The van der Waals surface area contributed by atoms with Gasteiger partial charge in [0.1, 0.15) is 0 Å². The maximum absolute atomic E-state index is 10.7. The van der Waals surface area contributed by atoms with Gasteiger partial charge in [-0.05, 0) is 6.92 Å². The van der Waals surface area contributed by atoms with Gasteiger partial charge in [0.05, 0.1) is 16.2 Å². The Morgan fingerprint density at radius 1 is 1.63 bits per heavy atom. The first-order valence-corrected chi connectivity index (χ1v) is 5.84. The van der Waals surface area contributed by atoms with Crippen LogP contribution in [0.5, 0.6) is 0 Å². The van der Waals surface area contributed by atoms with E-state index in [0.717, 1.165) is 0 Å². The number of rotatable bonds is 3. The van der Waals surface area contributed by atoms with Crippen LogP contribution in [0.1, 0.15) is 24.6 Å². The molecule has 100 valence electrons. The largest absolute Gasteiger partial charge is 0.355 e. The Hall–Kier alpha value is -2.13. The molecule has 0 aliphatic rings. The maximum atomic E-state index is 10.7. The third-order valence-electron chi connectivity index (χ3n) is 2.19. The Bertz CT molecular complexity index is 576. The highest BCUT2D eigenvalue weighted by atomic mass is 35.5. The van der Waals surface area contributed by atoms with Crippen LogP contribution < -0.4 is 5.32 Å². The lowest BCUT2D eigenvalue weighted by Gasteiger charge is -2.00.